The number of carbonyl (C=O) groups is 1. The highest BCUT2D eigenvalue weighted by molar-refractivity contribution is 5.67. The van der Waals surface area contributed by atoms with E-state index in [-0.39, 0.29) is 0 Å². The van der Waals surface area contributed by atoms with Gasteiger partial charge in [-0.25, -0.2) is 4.79 Å². The van der Waals surface area contributed by atoms with Gasteiger partial charge in [0.25, 0.3) is 0 Å². The molecule has 0 spiro atoms. The van der Waals surface area contributed by atoms with Gasteiger partial charge in [-0.05, 0) is 18.1 Å². The molecule has 0 aliphatic rings. The summed E-state index contributed by atoms with van der Waals surface area (Å²) in [6.45, 7) is 2.81. The summed E-state index contributed by atoms with van der Waals surface area (Å²) in [6.07, 6.45) is -0.399. The average molecular weight is 255 g/mol. The molecule has 0 fully saturated rings. The van der Waals surface area contributed by atoms with Crippen molar-refractivity contribution >= 4 is 6.09 Å². The highest BCUT2D eigenvalue weighted by atomic mass is 16.5. The maximum absolute atomic E-state index is 11.5. The second-order valence-corrected chi connectivity index (χ2v) is 4.40. The van der Waals surface area contributed by atoms with E-state index < -0.39 is 6.09 Å². The zero-order valence-corrected chi connectivity index (χ0v) is 10.9. The number of carbonyl (C=O) groups excluding carboxylic acids is 1. The van der Waals surface area contributed by atoms with E-state index in [0.29, 0.717) is 13.2 Å². The van der Waals surface area contributed by atoms with Gasteiger partial charge in [0.05, 0.1) is 0 Å². The van der Waals surface area contributed by atoms with Gasteiger partial charge in [0.1, 0.15) is 6.61 Å². The van der Waals surface area contributed by atoms with Gasteiger partial charge in [-0.1, -0.05) is 60.2 Å². The molecule has 0 bridgehead atoms. The van der Waals surface area contributed by atoms with Gasteiger partial charge in [-0.3, -0.25) is 0 Å². The van der Waals surface area contributed by atoms with Crippen molar-refractivity contribution in [3.8, 4) is 0 Å². The Morgan fingerprint density at radius 3 is 2.37 bits per heavy atom. The lowest BCUT2D eigenvalue weighted by Gasteiger charge is -2.07. The SMILES string of the molecule is Cc1ccc(CNC(=O)OCc2ccccc2)cc1. The number of benzene rings is 2. The van der Waals surface area contributed by atoms with Gasteiger partial charge in [-0.15, -0.1) is 0 Å². The first-order valence-corrected chi connectivity index (χ1v) is 6.24. The molecule has 1 N–H and O–H groups in total. The summed E-state index contributed by atoms with van der Waals surface area (Å²) in [7, 11) is 0. The van der Waals surface area contributed by atoms with Gasteiger partial charge in [0, 0.05) is 6.54 Å². The monoisotopic (exact) mass is 255 g/mol. The average Bonchev–Trinajstić information content (AvgIpc) is 2.45. The molecule has 3 nitrogen and oxygen atoms in total. The molecule has 0 radical (unpaired) electrons. The minimum Gasteiger partial charge on any atom is -0.445 e. The summed E-state index contributed by atoms with van der Waals surface area (Å²) < 4.78 is 5.12. The molecule has 2 rings (SSSR count). The van der Waals surface area contributed by atoms with Crippen molar-refractivity contribution in [1.82, 2.24) is 5.32 Å². The molecule has 2 aromatic carbocycles. The zero-order valence-electron chi connectivity index (χ0n) is 10.9. The number of amides is 1. The van der Waals surface area contributed by atoms with Crippen LogP contribution in [0.5, 0.6) is 0 Å². The van der Waals surface area contributed by atoms with Crippen LogP contribution in [0.3, 0.4) is 0 Å². The normalized spacial score (nSPS) is 9.95. The minimum atomic E-state index is -0.399. The van der Waals surface area contributed by atoms with E-state index in [1.165, 1.54) is 5.56 Å². The molecular formula is C16H17NO2. The fourth-order valence-electron chi connectivity index (χ4n) is 1.65. The third-order valence-electron chi connectivity index (χ3n) is 2.77. The molecule has 98 valence electrons. The standard InChI is InChI=1S/C16H17NO2/c1-13-7-9-14(10-8-13)11-17-16(18)19-12-15-5-3-2-4-6-15/h2-10H,11-12H2,1H3,(H,17,18). The van der Waals surface area contributed by atoms with E-state index in [4.69, 9.17) is 4.74 Å². The van der Waals surface area contributed by atoms with E-state index in [9.17, 15) is 4.79 Å². The molecule has 0 unspecified atom stereocenters. The van der Waals surface area contributed by atoms with Crippen LogP contribution in [-0.4, -0.2) is 6.09 Å². The fourth-order valence-corrected chi connectivity index (χ4v) is 1.65. The van der Waals surface area contributed by atoms with Crippen molar-refractivity contribution in [2.45, 2.75) is 20.1 Å². The summed E-state index contributed by atoms with van der Waals surface area (Å²) in [5.74, 6) is 0. The summed E-state index contributed by atoms with van der Waals surface area (Å²) in [6, 6.07) is 17.6. The van der Waals surface area contributed by atoms with Gasteiger partial charge >= 0.3 is 6.09 Å². The van der Waals surface area contributed by atoms with Gasteiger partial charge in [0.15, 0.2) is 0 Å². The predicted molar refractivity (Wildman–Crippen MR) is 74.6 cm³/mol. The first kappa shape index (κ1) is 13.1. The van der Waals surface area contributed by atoms with Crippen LogP contribution in [0.15, 0.2) is 54.6 Å². The number of ether oxygens (including phenoxy) is 1. The smallest absolute Gasteiger partial charge is 0.407 e. The van der Waals surface area contributed by atoms with Crippen LogP contribution < -0.4 is 5.32 Å². The van der Waals surface area contributed by atoms with Crippen LogP contribution in [-0.2, 0) is 17.9 Å². The lowest BCUT2D eigenvalue weighted by molar-refractivity contribution is 0.139. The summed E-state index contributed by atoms with van der Waals surface area (Å²) >= 11 is 0. The van der Waals surface area contributed by atoms with Gasteiger partial charge in [-0.2, -0.15) is 0 Å². The Kier molecular flexibility index (Phi) is 4.56. The number of hydrogen-bond acceptors (Lipinski definition) is 2. The first-order valence-electron chi connectivity index (χ1n) is 6.24. The highest BCUT2D eigenvalue weighted by Crippen LogP contribution is 2.03. The second kappa shape index (κ2) is 6.59. The quantitative estimate of drug-likeness (QED) is 0.909. The maximum atomic E-state index is 11.5. The second-order valence-electron chi connectivity index (χ2n) is 4.40. The van der Waals surface area contributed by atoms with Crippen molar-refractivity contribution in [2.24, 2.45) is 0 Å². The van der Waals surface area contributed by atoms with E-state index in [2.05, 4.69) is 5.32 Å². The van der Waals surface area contributed by atoms with Crippen LogP contribution in [0, 0.1) is 6.92 Å². The van der Waals surface area contributed by atoms with Crippen LogP contribution in [0.25, 0.3) is 0 Å². The van der Waals surface area contributed by atoms with E-state index in [1.54, 1.807) is 0 Å². The Balaban J connectivity index is 1.74. The Hall–Kier alpha value is -2.29. The molecule has 0 aliphatic heterocycles. The Morgan fingerprint density at radius 2 is 1.68 bits per heavy atom. The molecular weight excluding hydrogens is 238 g/mol. The van der Waals surface area contributed by atoms with E-state index >= 15 is 0 Å². The van der Waals surface area contributed by atoms with Gasteiger partial charge in [0.2, 0.25) is 0 Å². The molecule has 19 heavy (non-hydrogen) atoms. The Morgan fingerprint density at radius 1 is 1.00 bits per heavy atom. The van der Waals surface area contributed by atoms with Crippen LogP contribution >= 0.6 is 0 Å². The third kappa shape index (κ3) is 4.47. The molecule has 2 aromatic rings. The summed E-state index contributed by atoms with van der Waals surface area (Å²) in [5, 5.41) is 2.73. The lowest BCUT2D eigenvalue weighted by atomic mass is 10.1. The number of aryl methyl sites for hydroxylation is 1. The molecule has 1 amide bonds. The molecule has 0 aliphatic carbocycles. The van der Waals surface area contributed by atoms with Crippen molar-refractivity contribution in [2.75, 3.05) is 0 Å². The molecule has 0 atom stereocenters. The van der Waals surface area contributed by atoms with Crippen molar-refractivity contribution in [3.63, 3.8) is 0 Å². The third-order valence-corrected chi connectivity index (χ3v) is 2.77. The fraction of sp³-hybridized carbons (Fsp3) is 0.188. The molecule has 3 heteroatoms. The number of hydrogen-bond donors (Lipinski definition) is 1. The predicted octanol–water partition coefficient (Wildman–Crippen LogP) is 3.42. The zero-order chi connectivity index (χ0) is 13.5. The van der Waals surface area contributed by atoms with Crippen molar-refractivity contribution in [3.05, 3.63) is 71.3 Å². The Bertz CT molecular complexity index is 520. The number of nitrogens with one attached hydrogen (secondary N) is 1. The molecule has 0 saturated carbocycles. The lowest BCUT2D eigenvalue weighted by Crippen LogP contribution is -2.23. The molecule has 0 saturated heterocycles. The molecule has 0 heterocycles. The van der Waals surface area contributed by atoms with Crippen molar-refractivity contribution in [1.29, 1.82) is 0 Å². The summed E-state index contributed by atoms with van der Waals surface area (Å²) in [4.78, 5) is 11.5. The largest absolute Gasteiger partial charge is 0.445 e. The van der Waals surface area contributed by atoms with E-state index in [0.717, 1.165) is 11.1 Å². The number of rotatable bonds is 4. The van der Waals surface area contributed by atoms with Gasteiger partial charge < -0.3 is 10.1 Å². The Labute approximate surface area is 113 Å². The first-order chi connectivity index (χ1) is 9.24. The maximum Gasteiger partial charge on any atom is 0.407 e. The van der Waals surface area contributed by atoms with Crippen molar-refractivity contribution < 1.29 is 9.53 Å². The number of alkyl carbamates (subject to hydrolysis) is 1. The minimum absolute atomic E-state index is 0.292. The molecule has 0 aromatic heterocycles. The van der Waals surface area contributed by atoms with Crippen LogP contribution in [0.4, 0.5) is 4.79 Å². The van der Waals surface area contributed by atoms with Crippen LogP contribution in [0.1, 0.15) is 16.7 Å². The van der Waals surface area contributed by atoms with Crippen LogP contribution in [0.2, 0.25) is 0 Å². The summed E-state index contributed by atoms with van der Waals surface area (Å²) in [5.41, 5.74) is 3.24. The topological polar surface area (TPSA) is 38.3 Å². The highest BCUT2D eigenvalue weighted by Gasteiger charge is 2.02. The van der Waals surface area contributed by atoms with E-state index in [1.807, 2.05) is 61.5 Å².